The van der Waals surface area contributed by atoms with Crippen molar-refractivity contribution in [2.45, 2.75) is 20.8 Å². The van der Waals surface area contributed by atoms with Gasteiger partial charge in [0.05, 0.1) is 12.3 Å². The quantitative estimate of drug-likeness (QED) is 0.853. The topological polar surface area (TPSA) is 44.8 Å². The van der Waals surface area contributed by atoms with E-state index < -0.39 is 0 Å². The number of anilines is 2. The van der Waals surface area contributed by atoms with Crippen LogP contribution >= 0.6 is 0 Å². The zero-order valence-corrected chi connectivity index (χ0v) is 16.4. The molecule has 2 aromatic rings. The first-order chi connectivity index (χ1) is 13.0. The van der Waals surface area contributed by atoms with Crippen LogP contribution in [0.4, 0.5) is 16.2 Å². The maximum atomic E-state index is 12.7. The van der Waals surface area contributed by atoms with Crippen molar-refractivity contribution in [1.82, 2.24) is 4.90 Å². The van der Waals surface area contributed by atoms with E-state index in [0.717, 1.165) is 24.5 Å². The summed E-state index contributed by atoms with van der Waals surface area (Å²) >= 11 is 0. The van der Waals surface area contributed by atoms with Gasteiger partial charge in [-0.2, -0.15) is 0 Å². The van der Waals surface area contributed by atoms with Gasteiger partial charge in [-0.3, -0.25) is 0 Å². The van der Waals surface area contributed by atoms with Crippen LogP contribution in [-0.4, -0.2) is 43.7 Å². The summed E-state index contributed by atoms with van der Waals surface area (Å²) in [6.07, 6.45) is 0. The van der Waals surface area contributed by atoms with Crippen LogP contribution in [0, 0.1) is 12.8 Å². The Kier molecular flexibility index (Phi) is 6.22. The van der Waals surface area contributed by atoms with Gasteiger partial charge >= 0.3 is 6.03 Å². The fraction of sp³-hybridized carbons (Fsp3) is 0.409. The van der Waals surface area contributed by atoms with Crippen molar-refractivity contribution in [2.24, 2.45) is 5.92 Å². The predicted molar refractivity (Wildman–Crippen MR) is 111 cm³/mol. The number of hydrogen-bond acceptors (Lipinski definition) is 3. The summed E-state index contributed by atoms with van der Waals surface area (Å²) in [5.74, 6) is 1.15. The molecule has 1 saturated heterocycles. The third-order valence-corrected chi connectivity index (χ3v) is 4.63. The van der Waals surface area contributed by atoms with Gasteiger partial charge in [0.15, 0.2) is 0 Å². The minimum absolute atomic E-state index is 0.0699. The first-order valence-corrected chi connectivity index (χ1v) is 9.62. The summed E-state index contributed by atoms with van der Waals surface area (Å²) in [6, 6.07) is 16.1. The summed E-state index contributed by atoms with van der Waals surface area (Å²) in [7, 11) is 0. The molecule has 0 bridgehead atoms. The number of ether oxygens (including phenoxy) is 1. The van der Waals surface area contributed by atoms with Crippen LogP contribution in [0.1, 0.15) is 19.4 Å². The Hall–Kier alpha value is -2.69. The summed E-state index contributed by atoms with van der Waals surface area (Å²) in [5.41, 5.74) is 3.21. The highest BCUT2D eigenvalue weighted by molar-refractivity contribution is 5.91. The fourth-order valence-electron chi connectivity index (χ4n) is 3.14. The maximum Gasteiger partial charge on any atom is 0.322 e. The van der Waals surface area contributed by atoms with Gasteiger partial charge < -0.3 is 19.9 Å². The number of para-hydroxylation sites is 2. The minimum atomic E-state index is -0.0699. The molecule has 1 N–H and O–H groups in total. The van der Waals surface area contributed by atoms with Crippen molar-refractivity contribution >= 4 is 17.4 Å². The van der Waals surface area contributed by atoms with Crippen LogP contribution in [0.5, 0.6) is 5.75 Å². The number of benzene rings is 2. The van der Waals surface area contributed by atoms with E-state index in [9.17, 15) is 4.79 Å². The minimum Gasteiger partial charge on any atom is -0.491 e. The molecule has 1 aliphatic rings. The van der Waals surface area contributed by atoms with Crippen LogP contribution in [-0.2, 0) is 0 Å². The molecule has 2 aromatic carbocycles. The van der Waals surface area contributed by atoms with E-state index in [-0.39, 0.29) is 6.03 Å². The van der Waals surface area contributed by atoms with E-state index >= 15 is 0 Å². The molecule has 1 aliphatic heterocycles. The molecule has 2 amide bonds. The molecular formula is C22H29N3O2. The lowest BCUT2D eigenvalue weighted by Crippen LogP contribution is -2.50. The molecule has 5 nitrogen and oxygen atoms in total. The Labute approximate surface area is 161 Å². The summed E-state index contributed by atoms with van der Waals surface area (Å²) in [4.78, 5) is 16.9. The first-order valence-electron chi connectivity index (χ1n) is 9.62. The Morgan fingerprint density at radius 1 is 1.07 bits per heavy atom. The molecule has 1 heterocycles. The molecule has 0 radical (unpaired) electrons. The van der Waals surface area contributed by atoms with E-state index in [0.29, 0.717) is 25.6 Å². The number of nitrogens with zero attached hydrogens (tertiary/aromatic N) is 2. The van der Waals surface area contributed by atoms with E-state index in [1.807, 2.05) is 29.2 Å². The Balaban J connectivity index is 1.57. The van der Waals surface area contributed by atoms with Gasteiger partial charge in [0.1, 0.15) is 5.75 Å². The van der Waals surface area contributed by atoms with Crippen LogP contribution in [0.3, 0.4) is 0 Å². The molecule has 3 rings (SSSR count). The number of piperazine rings is 1. The molecule has 0 aromatic heterocycles. The molecular weight excluding hydrogens is 338 g/mol. The van der Waals surface area contributed by atoms with Gasteiger partial charge in [0.25, 0.3) is 0 Å². The third kappa shape index (κ3) is 5.16. The van der Waals surface area contributed by atoms with E-state index in [4.69, 9.17) is 4.74 Å². The predicted octanol–water partition coefficient (Wildman–Crippen LogP) is 4.38. The SMILES string of the molecule is Cc1cccc(N2CCN(C(=O)Nc3ccccc3OCC(C)C)CC2)c1. The van der Waals surface area contributed by atoms with Gasteiger partial charge in [-0.25, -0.2) is 4.79 Å². The molecule has 0 unspecified atom stereocenters. The molecule has 0 saturated carbocycles. The molecule has 27 heavy (non-hydrogen) atoms. The van der Waals surface area contributed by atoms with Crippen LogP contribution < -0.4 is 15.0 Å². The standard InChI is InChI=1S/C22H29N3O2/c1-17(2)16-27-21-10-5-4-9-20(21)23-22(26)25-13-11-24(12-14-25)19-8-6-7-18(3)15-19/h4-10,15,17H,11-14,16H2,1-3H3,(H,23,26). The van der Waals surface area contributed by atoms with Crippen LogP contribution in [0.2, 0.25) is 0 Å². The molecule has 0 aliphatic carbocycles. The Morgan fingerprint density at radius 2 is 1.81 bits per heavy atom. The van der Waals surface area contributed by atoms with Crippen molar-refractivity contribution in [3.63, 3.8) is 0 Å². The summed E-state index contributed by atoms with van der Waals surface area (Å²) < 4.78 is 5.83. The highest BCUT2D eigenvalue weighted by Gasteiger charge is 2.22. The lowest BCUT2D eigenvalue weighted by Gasteiger charge is -2.36. The number of urea groups is 1. The Bertz CT molecular complexity index is 768. The number of rotatable bonds is 5. The van der Waals surface area contributed by atoms with Crippen molar-refractivity contribution in [2.75, 3.05) is 43.0 Å². The average molecular weight is 367 g/mol. The number of carbonyl (C=O) groups is 1. The smallest absolute Gasteiger partial charge is 0.322 e. The molecule has 5 heteroatoms. The van der Waals surface area contributed by atoms with Crippen molar-refractivity contribution < 1.29 is 9.53 Å². The second-order valence-corrected chi connectivity index (χ2v) is 7.44. The number of amides is 2. The van der Waals surface area contributed by atoms with Crippen molar-refractivity contribution in [1.29, 1.82) is 0 Å². The summed E-state index contributed by atoms with van der Waals surface area (Å²) in [6.45, 7) is 10.0. The zero-order chi connectivity index (χ0) is 19.2. The first kappa shape index (κ1) is 19.1. The van der Waals surface area contributed by atoms with Gasteiger partial charge in [0.2, 0.25) is 0 Å². The number of nitrogens with one attached hydrogen (secondary N) is 1. The van der Waals surface area contributed by atoms with Crippen LogP contribution in [0.25, 0.3) is 0 Å². The number of aryl methyl sites for hydroxylation is 1. The highest BCUT2D eigenvalue weighted by atomic mass is 16.5. The second-order valence-electron chi connectivity index (χ2n) is 7.44. The van der Waals surface area contributed by atoms with E-state index in [1.54, 1.807) is 0 Å². The largest absolute Gasteiger partial charge is 0.491 e. The second kappa shape index (κ2) is 8.80. The van der Waals surface area contributed by atoms with Gasteiger partial charge in [-0.05, 0) is 42.7 Å². The lowest BCUT2D eigenvalue weighted by atomic mass is 10.2. The highest BCUT2D eigenvalue weighted by Crippen LogP contribution is 2.25. The monoisotopic (exact) mass is 367 g/mol. The van der Waals surface area contributed by atoms with Crippen molar-refractivity contribution in [3.8, 4) is 5.75 Å². The third-order valence-electron chi connectivity index (χ3n) is 4.63. The van der Waals surface area contributed by atoms with Gasteiger partial charge in [-0.15, -0.1) is 0 Å². The lowest BCUT2D eigenvalue weighted by molar-refractivity contribution is 0.208. The van der Waals surface area contributed by atoms with E-state index in [1.165, 1.54) is 11.3 Å². The number of hydrogen-bond donors (Lipinski definition) is 1. The molecule has 0 spiro atoms. The average Bonchev–Trinajstić information content (AvgIpc) is 2.67. The molecule has 144 valence electrons. The zero-order valence-electron chi connectivity index (χ0n) is 16.4. The summed E-state index contributed by atoms with van der Waals surface area (Å²) in [5, 5.41) is 3.01. The Morgan fingerprint density at radius 3 is 2.52 bits per heavy atom. The fourth-order valence-corrected chi connectivity index (χ4v) is 3.14. The molecule has 0 atom stereocenters. The van der Waals surface area contributed by atoms with Gasteiger partial charge in [-0.1, -0.05) is 38.1 Å². The van der Waals surface area contributed by atoms with Crippen LogP contribution in [0.15, 0.2) is 48.5 Å². The normalized spacial score (nSPS) is 14.4. The molecule has 1 fully saturated rings. The van der Waals surface area contributed by atoms with E-state index in [2.05, 4.69) is 55.3 Å². The van der Waals surface area contributed by atoms with Gasteiger partial charge in [0, 0.05) is 31.9 Å². The number of carbonyl (C=O) groups excluding carboxylic acids is 1. The van der Waals surface area contributed by atoms with Crippen molar-refractivity contribution in [3.05, 3.63) is 54.1 Å². The maximum absolute atomic E-state index is 12.7.